The molecule has 1 fully saturated rings. The highest BCUT2D eigenvalue weighted by molar-refractivity contribution is 7.47. The van der Waals surface area contributed by atoms with Crippen molar-refractivity contribution in [2.24, 2.45) is 0 Å². The van der Waals surface area contributed by atoms with Crippen molar-refractivity contribution in [3.63, 3.8) is 0 Å². The van der Waals surface area contributed by atoms with E-state index in [-0.39, 0.29) is 0 Å². The lowest BCUT2D eigenvalue weighted by molar-refractivity contribution is -0.385. The van der Waals surface area contributed by atoms with Gasteiger partial charge in [-0.1, -0.05) is 12.1 Å². The van der Waals surface area contributed by atoms with Crippen molar-refractivity contribution < 1.29 is 48.6 Å². The van der Waals surface area contributed by atoms with Crippen molar-refractivity contribution in [2.75, 3.05) is 6.61 Å². The fraction of sp³-hybridized carbons (Fsp3) is 0.500. The molecule has 0 radical (unpaired) electrons. The molecule has 25 heavy (non-hydrogen) atoms. The van der Waals surface area contributed by atoms with Crippen LogP contribution in [0.1, 0.15) is 0 Å². The molecule has 5 N–H and O–H groups in total. The standard InChI is InChI=1S/C12H16NO11P/c14-9-8(23-12(17)11(16)10(9)15)5-22-25(20,21)24-7-4-2-1-3-6(7)13(18)19/h1-4,8-12,14-17H,5H2,(H,20,21)/t8-,9+,10+,11-,12-/m0/s1. The number of aliphatic hydroxyl groups excluding tert-OH is 4. The predicted octanol–water partition coefficient (Wildman–Crippen LogP) is -1.11. The Morgan fingerprint density at radius 3 is 2.44 bits per heavy atom. The highest BCUT2D eigenvalue weighted by atomic mass is 31.2. The number of hydrogen-bond donors (Lipinski definition) is 5. The van der Waals surface area contributed by atoms with Gasteiger partial charge in [0, 0.05) is 6.07 Å². The molecule has 2 rings (SSSR count). The topological polar surface area (TPSA) is 189 Å². The Kier molecular flexibility index (Phi) is 6.08. The summed E-state index contributed by atoms with van der Waals surface area (Å²) in [7, 11) is -4.85. The quantitative estimate of drug-likeness (QED) is 0.228. The third-order valence-electron chi connectivity index (χ3n) is 3.36. The molecule has 0 amide bonds. The average Bonchev–Trinajstić information content (AvgIpc) is 2.55. The number of nitro groups is 1. The van der Waals surface area contributed by atoms with Crippen LogP contribution in [0, 0.1) is 10.1 Å². The molecule has 1 heterocycles. The minimum atomic E-state index is -4.85. The first kappa shape index (κ1) is 19.7. The van der Waals surface area contributed by atoms with Crippen LogP contribution in [0.15, 0.2) is 24.3 Å². The summed E-state index contributed by atoms with van der Waals surface area (Å²) in [5.41, 5.74) is -0.566. The van der Waals surface area contributed by atoms with E-state index in [4.69, 9.17) is 4.74 Å². The summed E-state index contributed by atoms with van der Waals surface area (Å²) >= 11 is 0. The summed E-state index contributed by atoms with van der Waals surface area (Å²) in [6.07, 6.45) is -8.56. The highest BCUT2D eigenvalue weighted by Gasteiger charge is 2.44. The van der Waals surface area contributed by atoms with Crippen molar-refractivity contribution >= 4 is 13.5 Å². The van der Waals surface area contributed by atoms with E-state index >= 15 is 0 Å². The van der Waals surface area contributed by atoms with E-state index in [2.05, 4.69) is 9.05 Å². The Bertz CT molecular complexity index is 670. The van der Waals surface area contributed by atoms with Crippen molar-refractivity contribution in [3.05, 3.63) is 34.4 Å². The minimum Gasteiger partial charge on any atom is -0.397 e. The Labute approximate surface area is 140 Å². The number of nitrogens with zero attached hydrogens (tertiary/aromatic N) is 1. The lowest BCUT2D eigenvalue weighted by atomic mass is 10.00. The third kappa shape index (κ3) is 4.71. The van der Waals surface area contributed by atoms with Gasteiger partial charge in [0.2, 0.25) is 5.75 Å². The second-order valence-electron chi connectivity index (χ2n) is 5.12. The molecule has 0 spiro atoms. The Balaban J connectivity index is 2.02. The molecular weight excluding hydrogens is 365 g/mol. The molecule has 6 atom stereocenters. The summed E-state index contributed by atoms with van der Waals surface area (Å²) in [4.78, 5) is 19.7. The van der Waals surface area contributed by atoms with E-state index in [1.54, 1.807) is 0 Å². The monoisotopic (exact) mass is 381 g/mol. The smallest absolute Gasteiger partial charge is 0.397 e. The zero-order chi connectivity index (χ0) is 18.8. The van der Waals surface area contributed by atoms with E-state index in [0.717, 1.165) is 12.1 Å². The van der Waals surface area contributed by atoms with Gasteiger partial charge in [0.1, 0.15) is 24.4 Å². The maximum Gasteiger partial charge on any atom is 0.527 e. The number of para-hydroxylation sites is 2. The van der Waals surface area contributed by atoms with Gasteiger partial charge in [-0.05, 0) is 6.07 Å². The van der Waals surface area contributed by atoms with Crippen LogP contribution in [0.25, 0.3) is 0 Å². The van der Waals surface area contributed by atoms with Crippen LogP contribution >= 0.6 is 7.82 Å². The van der Waals surface area contributed by atoms with Gasteiger partial charge in [-0.25, -0.2) is 4.57 Å². The fourth-order valence-electron chi connectivity index (χ4n) is 2.07. The number of ether oxygens (including phenoxy) is 1. The highest BCUT2D eigenvalue weighted by Crippen LogP contribution is 2.46. The number of hydrogen-bond acceptors (Lipinski definition) is 10. The normalized spacial score (nSPS) is 32.0. The molecule has 1 aromatic rings. The summed E-state index contributed by atoms with van der Waals surface area (Å²) in [6.45, 7) is -0.809. The maximum absolute atomic E-state index is 11.9. The van der Waals surface area contributed by atoms with Crippen LogP contribution < -0.4 is 4.52 Å². The van der Waals surface area contributed by atoms with Crippen LogP contribution in [0.4, 0.5) is 5.69 Å². The molecular formula is C12H16NO11P. The molecule has 0 saturated carbocycles. The van der Waals surface area contributed by atoms with Gasteiger partial charge in [0.05, 0.1) is 11.5 Å². The van der Waals surface area contributed by atoms with Gasteiger partial charge < -0.3 is 29.7 Å². The average molecular weight is 381 g/mol. The molecule has 1 aliphatic heterocycles. The summed E-state index contributed by atoms with van der Waals surface area (Å²) in [5, 5.41) is 48.7. The molecule has 12 nitrogen and oxygen atoms in total. The van der Waals surface area contributed by atoms with Crippen molar-refractivity contribution in [1.29, 1.82) is 0 Å². The van der Waals surface area contributed by atoms with Gasteiger partial charge in [-0.3, -0.25) is 19.5 Å². The number of phosphoric acid groups is 1. The van der Waals surface area contributed by atoms with Gasteiger partial charge >= 0.3 is 13.5 Å². The van der Waals surface area contributed by atoms with E-state index in [1.165, 1.54) is 12.1 Å². The van der Waals surface area contributed by atoms with Gasteiger partial charge in [-0.2, -0.15) is 0 Å². The Hall–Kier alpha value is -1.63. The van der Waals surface area contributed by atoms with E-state index in [9.17, 15) is 40.0 Å². The predicted molar refractivity (Wildman–Crippen MR) is 78.4 cm³/mol. The number of nitro benzene ring substituents is 1. The van der Waals surface area contributed by atoms with Crippen LogP contribution in [0.2, 0.25) is 0 Å². The second-order valence-corrected chi connectivity index (χ2v) is 6.50. The van der Waals surface area contributed by atoms with Crippen LogP contribution in [0.3, 0.4) is 0 Å². The first-order valence-corrected chi connectivity index (χ1v) is 8.40. The second kappa shape index (κ2) is 7.72. The van der Waals surface area contributed by atoms with E-state index < -0.39 is 61.5 Å². The van der Waals surface area contributed by atoms with Crippen LogP contribution in [-0.2, 0) is 13.8 Å². The van der Waals surface area contributed by atoms with Gasteiger partial charge in [0.25, 0.3) is 0 Å². The first-order valence-electron chi connectivity index (χ1n) is 6.90. The zero-order valence-electron chi connectivity index (χ0n) is 12.5. The molecule has 0 bridgehead atoms. The lowest BCUT2D eigenvalue weighted by Crippen LogP contribution is -2.58. The van der Waals surface area contributed by atoms with Crippen molar-refractivity contribution in [1.82, 2.24) is 0 Å². The molecule has 1 aliphatic rings. The largest absolute Gasteiger partial charge is 0.527 e. The van der Waals surface area contributed by atoms with Gasteiger partial charge in [-0.15, -0.1) is 0 Å². The first-order chi connectivity index (χ1) is 11.6. The Morgan fingerprint density at radius 1 is 1.16 bits per heavy atom. The number of phosphoric ester groups is 1. The number of benzene rings is 1. The van der Waals surface area contributed by atoms with Crippen LogP contribution in [0.5, 0.6) is 5.75 Å². The number of aliphatic hydroxyl groups is 4. The molecule has 1 saturated heterocycles. The van der Waals surface area contributed by atoms with Gasteiger partial charge in [0.15, 0.2) is 6.29 Å². The van der Waals surface area contributed by atoms with Crippen molar-refractivity contribution in [3.8, 4) is 5.75 Å². The lowest BCUT2D eigenvalue weighted by Gasteiger charge is -2.38. The molecule has 0 aliphatic carbocycles. The molecule has 1 aromatic carbocycles. The maximum atomic E-state index is 11.9. The van der Waals surface area contributed by atoms with E-state index in [1.807, 2.05) is 0 Å². The summed E-state index contributed by atoms with van der Waals surface area (Å²) in [6, 6.07) is 4.80. The number of rotatable bonds is 6. The SMILES string of the molecule is O=[N+]([O-])c1ccccc1OP(=O)(O)OC[C@@H]1O[C@H](O)[C@@H](O)[C@H](O)[C@@H]1O. The van der Waals surface area contributed by atoms with Crippen molar-refractivity contribution in [2.45, 2.75) is 30.7 Å². The third-order valence-corrected chi connectivity index (χ3v) is 4.27. The molecule has 1 unspecified atom stereocenters. The molecule has 13 heteroatoms. The van der Waals surface area contributed by atoms with Crippen LogP contribution in [-0.4, -0.2) is 67.6 Å². The fourth-order valence-corrected chi connectivity index (χ4v) is 2.86. The minimum absolute atomic E-state index is 0.515. The molecule has 0 aromatic heterocycles. The summed E-state index contributed by atoms with van der Waals surface area (Å²) in [5.74, 6) is -0.515. The zero-order valence-corrected chi connectivity index (χ0v) is 13.4. The Morgan fingerprint density at radius 2 is 1.80 bits per heavy atom. The summed E-state index contributed by atoms with van der Waals surface area (Å²) < 4.78 is 25.9. The van der Waals surface area contributed by atoms with E-state index in [0.29, 0.717) is 0 Å². The molecule has 140 valence electrons.